The molecule has 0 aliphatic carbocycles. The lowest BCUT2D eigenvalue weighted by atomic mass is 9.96. The highest BCUT2D eigenvalue weighted by atomic mass is 16.4. The van der Waals surface area contributed by atoms with E-state index in [0.29, 0.717) is 19.0 Å². The minimum atomic E-state index is -0.882. The lowest BCUT2D eigenvalue weighted by Gasteiger charge is -2.25. The molecular formula is C15H27N3O2. The van der Waals surface area contributed by atoms with Gasteiger partial charge in [-0.15, -0.1) is 0 Å². The number of hydrogen-bond donors (Lipinski definition) is 2. The fourth-order valence-electron chi connectivity index (χ4n) is 2.39. The van der Waals surface area contributed by atoms with E-state index in [1.165, 1.54) is 0 Å². The third-order valence-electron chi connectivity index (χ3n) is 3.86. The summed E-state index contributed by atoms with van der Waals surface area (Å²) in [6, 6.07) is 2.38. The van der Waals surface area contributed by atoms with E-state index in [0.717, 1.165) is 25.0 Å². The third kappa shape index (κ3) is 4.07. The number of aromatic nitrogens is 2. The smallest absolute Gasteiger partial charge is 0.323 e. The molecule has 0 spiro atoms. The molecule has 0 saturated heterocycles. The van der Waals surface area contributed by atoms with Crippen LogP contribution in [0.4, 0.5) is 0 Å². The Morgan fingerprint density at radius 2 is 2.10 bits per heavy atom. The van der Waals surface area contributed by atoms with Crippen molar-refractivity contribution in [2.24, 2.45) is 0 Å². The Morgan fingerprint density at radius 3 is 2.60 bits per heavy atom. The normalized spacial score (nSPS) is 14.4. The number of rotatable bonds is 9. The van der Waals surface area contributed by atoms with Gasteiger partial charge in [-0.2, -0.15) is 5.10 Å². The molecule has 0 aromatic carbocycles. The SMILES string of the molecule is CCCC(C)(NCc1ccn(C(CC)CC)n1)C(=O)O. The second-order valence-electron chi connectivity index (χ2n) is 5.50. The zero-order chi connectivity index (χ0) is 15.2. The molecular weight excluding hydrogens is 254 g/mol. The van der Waals surface area contributed by atoms with Gasteiger partial charge in [0.1, 0.15) is 5.54 Å². The molecule has 1 aromatic rings. The quantitative estimate of drug-likeness (QED) is 0.730. The third-order valence-corrected chi connectivity index (χ3v) is 3.86. The van der Waals surface area contributed by atoms with E-state index >= 15 is 0 Å². The second-order valence-corrected chi connectivity index (χ2v) is 5.50. The summed E-state index contributed by atoms with van der Waals surface area (Å²) in [5, 5.41) is 17.0. The van der Waals surface area contributed by atoms with E-state index in [4.69, 9.17) is 0 Å². The zero-order valence-corrected chi connectivity index (χ0v) is 13.0. The Hall–Kier alpha value is -1.36. The molecule has 5 heteroatoms. The first-order chi connectivity index (χ1) is 9.46. The molecule has 0 aliphatic heterocycles. The fourth-order valence-corrected chi connectivity index (χ4v) is 2.39. The number of carboxylic acid groups (broad SMARTS) is 1. The van der Waals surface area contributed by atoms with Crippen LogP contribution in [0.15, 0.2) is 12.3 Å². The lowest BCUT2D eigenvalue weighted by Crippen LogP contribution is -2.49. The summed E-state index contributed by atoms with van der Waals surface area (Å²) in [4.78, 5) is 11.4. The maximum Gasteiger partial charge on any atom is 0.323 e. The van der Waals surface area contributed by atoms with Crippen molar-refractivity contribution in [2.45, 2.75) is 71.5 Å². The Labute approximate surface area is 121 Å². The first kappa shape index (κ1) is 16.7. The predicted octanol–water partition coefficient (Wildman–Crippen LogP) is 2.98. The number of aliphatic carboxylic acids is 1. The maximum absolute atomic E-state index is 11.4. The van der Waals surface area contributed by atoms with E-state index in [9.17, 15) is 9.90 Å². The van der Waals surface area contributed by atoms with Gasteiger partial charge in [0.15, 0.2) is 0 Å². The first-order valence-corrected chi connectivity index (χ1v) is 7.49. The number of hydrogen-bond acceptors (Lipinski definition) is 3. The van der Waals surface area contributed by atoms with Crippen LogP contribution < -0.4 is 5.32 Å². The van der Waals surface area contributed by atoms with Crippen LogP contribution in [0.3, 0.4) is 0 Å². The molecule has 0 fully saturated rings. The Kier molecular flexibility index (Phi) is 6.20. The molecule has 1 rings (SSSR count). The molecule has 114 valence electrons. The van der Waals surface area contributed by atoms with Gasteiger partial charge in [0, 0.05) is 12.7 Å². The zero-order valence-electron chi connectivity index (χ0n) is 13.0. The standard InChI is InChI=1S/C15H27N3O2/c1-5-9-15(4,14(19)20)16-11-12-8-10-18(17-12)13(6-2)7-3/h8,10,13,16H,5-7,9,11H2,1-4H3,(H,19,20). The average molecular weight is 281 g/mol. The summed E-state index contributed by atoms with van der Waals surface area (Å²) in [6.45, 7) is 8.50. The van der Waals surface area contributed by atoms with Crippen LogP contribution in [0, 0.1) is 0 Å². The highest BCUT2D eigenvalue weighted by Gasteiger charge is 2.31. The molecule has 0 bridgehead atoms. The highest BCUT2D eigenvalue weighted by Crippen LogP contribution is 2.16. The van der Waals surface area contributed by atoms with Crippen molar-refractivity contribution in [3.05, 3.63) is 18.0 Å². The van der Waals surface area contributed by atoms with Gasteiger partial charge in [-0.3, -0.25) is 14.8 Å². The van der Waals surface area contributed by atoms with Gasteiger partial charge in [-0.1, -0.05) is 27.2 Å². The Bertz CT molecular complexity index is 427. The van der Waals surface area contributed by atoms with Crippen LogP contribution in [-0.2, 0) is 11.3 Å². The van der Waals surface area contributed by atoms with E-state index in [1.54, 1.807) is 6.92 Å². The van der Waals surface area contributed by atoms with Crippen LogP contribution in [0.5, 0.6) is 0 Å². The molecule has 5 nitrogen and oxygen atoms in total. The van der Waals surface area contributed by atoms with E-state index in [-0.39, 0.29) is 0 Å². The summed E-state index contributed by atoms with van der Waals surface area (Å²) in [5.41, 5.74) is 0.00783. The minimum absolute atomic E-state index is 0.422. The highest BCUT2D eigenvalue weighted by molar-refractivity contribution is 5.78. The summed E-state index contributed by atoms with van der Waals surface area (Å²) in [7, 11) is 0. The number of nitrogens with one attached hydrogen (secondary N) is 1. The Morgan fingerprint density at radius 1 is 1.45 bits per heavy atom. The van der Waals surface area contributed by atoms with Gasteiger partial charge in [0.05, 0.1) is 11.7 Å². The first-order valence-electron chi connectivity index (χ1n) is 7.49. The summed E-state index contributed by atoms with van der Waals surface area (Å²) < 4.78 is 1.98. The van der Waals surface area contributed by atoms with Crippen LogP contribution in [0.25, 0.3) is 0 Å². The molecule has 0 saturated carbocycles. The number of nitrogens with zero attached hydrogens (tertiary/aromatic N) is 2. The van der Waals surface area contributed by atoms with Crippen molar-refractivity contribution in [1.82, 2.24) is 15.1 Å². The molecule has 1 aromatic heterocycles. The van der Waals surface area contributed by atoms with Gasteiger partial charge in [-0.05, 0) is 32.3 Å². The largest absolute Gasteiger partial charge is 0.480 e. The van der Waals surface area contributed by atoms with Crippen molar-refractivity contribution >= 4 is 5.97 Å². The van der Waals surface area contributed by atoms with Crippen LogP contribution in [-0.4, -0.2) is 26.4 Å². The van der Waals surface area contributed by atoms with Crippen molar-refractivity contribution in [2.75, 3.05) is 0 Å². The van der Waals surface area contributed by atoms with Crippen LogP contribution >= 0.6 is 0 Å². The van der Waals surface area contributed by atoms with Gasteiger partial charge in [0.25, 0.3) is 0 Å². The van der Waals surface area contributed by atoms with E-state index in [2.05, 4.69) is 24.3 Å². The Balaban J connectivity index is 2.67. The van der Waals surface area contributed by atoms with Crippen molar-refractivity contribution in [3.63, 3.8) is 0 Å². The summed E-state index contributed by atoms with van der Waals surface area (Å²) in [6.07, 6.45) is 5.52. The summed E-state index contributed by atoms with van der Waals surface area (Å²) >= 11 is 0. The van der Waals surface area contributed by atoms with Crippen molar-refractivity contribution < 1.29 is 9.90 Å². The number of carbonyl (C=O) groups is 1. The van der Waals surface area contributed by atoms with Gasteiger partial charge in [0.2, 0.25) is 0 Å². The molecule has 1 atom stereocenters. The molecule has 2 N–H and O–H groups in total. The summed E-state index contributed by atoms with van der Waals surface area (Å²) in [5.74, 6) is -0.807. The average Bonchev–Trinajstić information content (AvgIpc) is 2.87. The molecule has 0 amide bonds. The van der Waals surface area contributed by atoms with E-state index in [1.807, 2.05) is 23.9 Å². The van der Waals surface area contributed by atoms with Crippen molar-refractivity contribution in [3.8, 4) is 0 Å². The molecule has 1 heterocycles. The monoisotopic (exact) mass is 281 g/mol. The molecule has 0 radical (unpaired) electrons. The van der Waals surface area contributed by atoms with Gasteiger partial charge in [-0.25, -0.2) is 0 Å². The molecule has 1 unspecified atom stereocenters. The minimum Gasteiger partial charge on any atom is -0.480 e. The van der Waals surface area contributed by atoms with Crippen LogP contribution in [0.2, 0.25) is 0 Å². The maximum atomic E-state index is 11.4. The van der Waals surface area contributed by atoms with Crippen molar-refractivity contribution in [1.29, 1.82) is 0 Å². The molecule has 20 heavy (non-hydrogen) atoms. The van der Waals surface area contributed by atoms with Gasteiger partial charge < -0.3 is 5.11 Å². The van der Waals surface area contributed by atoms with Crippen LogP contribution in [0.1, 0.15) is 65.1 Å². The topological polar surface area (TPSA) is 67.2 Å². The van der Waals surface area contributed by atoms with E-state index < -0.39 is 11.5 Å². The molecule has 0 aliphatic rings. The fraction of sp³-hybridized carbons (Fsp3) is 0.733. The predicted molar refractivity (Wildman–Crippen MR) is 79.6 cm³/mol. The second kappa shape index (κ2) is 7.43. The van der Waals surface area contributed by atoms with Gasteiger partial charge >= 0.3 is 5.97 Å². The lowest BCUT2D eigenvalue weighted by molar-refractivity contribution is -0.144. The number of carboxylic acids is 1.